The highest BCUT2D eigenvalue weighted by molar-refractivity contribution is 5.84. The lowest BCUT2D eigenvalue weighted by Gasteiger charge is -2.44. The Morgan fingerprint density at radius 3 is 1.42 bits per heavy atom. The van der Waals surface area contributed by atoms with E-state index in [0.717, 1.165) is 67.2 Å². The Labute approximate surface area is 260 Å². The zero-order chi connectivity index (χ0) is 31.7. The molecule has 4 rings (SSSR count). The number of hydrogen-bond acceptors (Lipinski definition) is 4. The molecule has 0 unspecified atom stereocenters. The van der Waals surface area contributed by atoms with Crippen LogP contribution in [-0.2, 0) is 19.1 Å². The van der Waals surface area contributed by atoms with Crippen molar-refractivity contribution >= 4 is 11.9 Å². The highest BCUT2D eigenvalue weighted by Gasteiger charge is 2.53. The average Bonchev–Trinajstić information content (AvgIpc) is 3.60. The highest BCUT2D eigenvalue weighted by atomic mass is 16.5. The second-order valence-electron chi connectivity index (χ2n) is 14.7. The number of ether oxygens (including phenoxy) is 2. The number of rotatable bonds is 12. The van der Waals surface area contributed by atoms with Crippen LogP contribution < -0.4 is 0 Å². The Kier molecular flexibility index (Phi) is 9.99. The van der Waals surface area contributed by atoms with Gasteiger partial charge in [-0.1, -0.05) is 75.6 Å². The molecule has 0 amide bonds. The van der Waals surface area contributed by atoms with Crippen LogP contribution in [0.1, 0.15) is 72.6 Å². The molecule has 0 aromatic heterocycles. The van der Waals surface area contributed by atoms with E-state index in [0.29, 0.717) is 11.8 Å². The topological polar surface area (TPSA) is 52.6 Å². The second kappa shape index (κ2) is 13.0. The minimum atomic E-state index is -0.516. The molecule has 0 saturated heterocycles. The first-order valence-corrected chi connectivity index (χ1v) is 16.2. The molecule has 3 saturated carbocycles. The van der Waals surface area contributed by atoms with Gasteiger partial charge < -0.3 is 9.47 Å². The third-order valence-electron chi connectivity index (χ3n) is 11.8. The molecule has 4 nitrogen and oxygen atoms in total. The summed E-state index contributed by atoms with van der Waals surface area (Å²) < 4.78 is 11.8. The van der Waals surface area contributed by atoms with Crippen LogP contribution in [0.4, 0.5) is 0 Å². The number of esters is 2. The molecular formula is C39H54O4. The van der Waals surface area contributed by atoms with Crippen LogP contribution in [0, 0.1) is 58.2 Å². The quantitative estimate of drug-likeness (QED) is 0.169. The van der Waals surface area contributed by atoms with Gasteiger partial charge in [-0.25, -0.2) is 0 Å². The lowest BCUT2D eigenvalue weighted by atomic mass is 9.61. The van der Waals surface area contributed by atoms with E-state index in [9.17, 15) is 9.59 Å². The summed E-state index contributed by atoms with van der Waals surface area (Å²) in [7, 11) is 0. The van der Waals surface area contributed by atoms with Gasteiger partial charge in [-0.15, -0.1) is 13.2 Å². The monoisotopic (exact) mass is 586 g/mol. The predicted molar refractivity (Wildman–Crippen MR) is 176 cm³/mol. The third-order valence-corrected chi connectivity index (χ3v) is 11.8. The van der Waals surface area contributed by atoms with Crippen molar-refractivity contribution in [3.8, 4) is 0 Å². The van der Waals surface area contributed by atoms with Crippen molar-refractivity contribution in [2.75, 3.05) is 13.2 Å². The molecule has 4 aliphatic carbocycles. The molecule has 0 radical (unpaired) electrons. The van der Waals surface area contributed by atoms with Gasteiger partial charge in [0, 0.05) is 0 Å². The van der Waals surface area contributed by atoms with Crippen molar-refractivity contribution in [1.82, 2.24) is 0 Å². The van der Waals surface area contributed by atoms with Crippen LogP contribution in [0.15, 0.2) is 86.1 Å². The molecule has 0 aromatic rings. The van der Waals surface area contributed by atoms with Crippen molar-refractivity contribution in [3.05, 3.63) is 86.1 Å². The van der Waals surface area contributed by atoms with Gasteiger partial charge in [0.25, 0.3) is 0 Å². The standard InChI is InChI=1S/C39H54O4/c1-11-38(9)17-15-28(20-32(38)24(3)4)26(7)22-42-36(40)34-30-13-14-31(19-30)35(34)37(41)43-23-27(8)29-16-18-39(10,12-2)33(21-29)25(5)6/h11-14,28-35H,1-3,5,7-8,15-23H2,4,6,9-10H3/t28-,29-,30-,31+,32+,33+,34-,35+,38-,39-/m1/s1. The molecule has 0 N–H and O–H groups in total. The van der Waals surface area contributed by atoms with E-state index < -0.39 is 11.8 Å². The van der Waals surface area contributed by atoms with Gasteiger partial charge in [0.05, 0.1) is 11.8 Å². The SMILES string of the molecule is C=C[C@]1(C)CC[C@@H](C(=C)COC(=O)[C@@H]2[C@H](C(=O)OCC(=C)[C@@H]3CC[C@@](C)(C=C)[C@H](C(=C)C)C3)[C@@H]3C=C[C@H]2C3)C[C@H]1C(=C)C. The molecule has 3 fully saturated rings. The fraction of sp³-hybridized carbons (Fsp3) is 0.590. The van der Waals surface area contributed by atoms with Crippen LogP contribution in [-0.4, -0.2) is 25.2 Å². The summed E-state index contributed by atoms with van der Waals surface area (Å²) in [5.74, 6) is -0.465. The van der Waals surface area contributed by atoms with E-state index in [4.69, 9.17) is 9.47 Å². The second-order valence-corrected chi connectivity index (χ2v) is 14.7. The fourth-order valence-electron chi connectivity index (χ4n) is 8.64. The molecular weight excluding hydrogens is 532 g/mol. The van der Waals surface area contributed by atoms with Gasteiger partial charge in [0.2, 0.25) is 0 Å². The Bertz CT molecular complexity index is 1130. The van der Waals surface area contributed by atoms with Crippen LogP contribution in [0.5, 0.6) is 0 Å². The van der Waals surface area contributed by atoms with Gasteiger partial charge in [0.15, 0.2) is 0 Å². The summed E-state index contributed by atoms with van der Waals surface area (Å²) in [5.41, 5.74) is 4.25. The Morgan fingerprint density at radius 2 is 1.09 bits per heavy atom. The van der Waals surface area contributed by atoms with Crippen LogP contribution in [0.25, 0.3) is 0 Å². The number of carbonyl (C=O) groups is 2. The summed E-state index contributed by atoms with van der Waals surface area (Å²) in [5, 5.41) is 0. The van der Waals surface area contributed by atoms with Gasteiger partial charge in [-0.2, -0.15) is 0 Å². The maximum Gasteiger partial charge on any atom is 0.310 e. The smallest absolute Gasteiger partial charge is 0.310 e. The lowest BCUT2D eigenvalue weighted by molar-refractivity contribution is -0.160. The third kappa shape index (κ3) is 6.64. The van der Waals surface area contributed by atoms with E-state index in [1.165, 1.54) is 0 Å². The first kappa shape index (κ1) is 33.0. The van der Waals surface area contributed by atoms with Crippen LogP contribution in [0.3, 0.4) is 0 Å². The largest absolute Gasteiger partial charge is 0.461 e. The maximum absolute atomic E-state index is 13.5. The molecule has 0 aliphatic heterocycles. The Morgan fingerprint density at radius 1 is 0.721 bits per heavy atom. The zero-order valence-corrected chi connectivity index (χ0v) is 27.2. The summed E-state index contributed by atoms with van der Waals surface area (Å²) in [6.45, 7) is 34.3. The van der Waals surface area contributed by atoms with Gasteiger partial charge in [-0.3, -0.25) is 9.59 Å². The summed E-state index contributed by atoms with van der Waals surface area (Å²) in [6, 6.07) is 0. The van der Waals surface area contributed by atoms with E-state index in [1.807, 2.05) is 0 Å². The molecule has 43 heavy (non-hydrogen) atoms. The number of carbonyl (C=O) groups excluding carboxylic acids is 2. The zero-order valence-electron chi connectivity index (χ0n) is 27.2. The number of hydrogen-bond donors (Lipinski definition) is 0. The predicted octanol–water partition coefficient (Wildman–Crippen LogP) is 8.99. The molecule has 0 aromatic carbocycles. The maximum atomic E-state index is 13.5. The van der Waals surface area contributed by atoms with Gasteiger partial charge in [0.1, 0.15) is 13.2 Å². The normalized spacial score (nSPS) is 38.1. The number of allylic oxidation sites excluding steroid dienone is 6. The Hall–Kier alpha value is -2.88. The van der Waals surface area contributed by atoms with Gasteiger partial charge in [-0.05, 0) is 116 Å². The minimum Gasteiger partial charge on any atom is -0.461 e. The molecule has 0 heterocycles. The number of fused-ring (bicyclic) bond motifs is 2. The van der Waals surface area contributed by atoms with Crippen molar-refractivity contribution < 1.29 is 19.1 Å². The molecule has 4 aliphatic rings. The van der Waals surface area contributed by atoms with Crippen LogP contribution in [0.2, 0.25) is 0 Å². The average molecular weight is 587 g/mol. The van der Waals surface area contributed by atoms with E-state index in [-0.39, 0.29) is 59.7 Å². The van der Waals surface area contributed by atoms with E-state index in [2.05, 4.69) is 91.5 Å². The summed E-state index contributed by atoms with van der Waals surface area (Å²) in [4.78, 5) is 26.9. The van der Waals surface area contributed by atoms with Crippen molar-refractivity contribution in [2.24, 2.45) is 58.2 Å². The fourth-order valence-corrected chi connectivity index (χ4v) is 8.64. The summed E-state index contributed by atoms with van der Waals surface area (Å²) >= 11 is 0. The molecule has 10 atom stereocenters. The van der Waals surface area contributed by atoms with E-state index in [1.54, 1.807) is 0 Å². The van der Waals surface area contributed by atoms with Crippen molar-refractivity contribution in [3.63, 3.8) is 0 Å². The molecule has 4 heteroatoms. The minimum absolute atomic E-state index is 0.00791. The molecule has 234 valence electrons. The molecule has 2 bridgehead atoms. The van der Waals surface area contributed by atoms with Crippen molar-refractivity contribution in [1.29, 1.82) is 0 Å². The first-order valence-electron chi connectivity index (χ1n) is 16.2. The van der Waals surface area contributed by atoms with Gasteiger partial charge >= 0.3 is 11.9 Å². The van der Waals surface area contributed by atoms with E-state index >= 15 is 0 Å². The lowest BCUT2D eigenvalue weighted by Crippen LogP contribution is -2.37. The highest BCUT2D eigenvalue weighted by Crippen LogP contribution is 2.51. The Balaban J connectivity index is 1.32. The van der Waals surface area contributed by atoms with Crippen molar-refractivity contribution in [2.45, 2.75) is 72.6 Å². The summed E-state index contributed by atoms with van der Waals surface area (Å²) in [6.07, 6.45) is 14.9. The first-order chi connectivity index (χ1) is 20.2. The van der Waals surface area contributed by atoms with Crippen LogP contribution >= 0.6 is 0 Å². The molecule has 0 spiro atoms.